The summed E-state index contributed by atoms with van der Waals surface area (Å²) in [6.45, 7) is 2.60. The molecule has 5 atom stereocenters. The first-order chi connectivity index (χ1) is 16.3. The van der Waals surface area contributed by atoms with Crippen LogP contribution in [0.3, 0.4) is 0 Å². The van der Waals surface area contributed by atoms with E-state index < -0.39 is 48.7 Å². The van der Waals surface area contributed by atoms with Gasteiger partial charge in [-0.1, -0.05) is 36.8 Å². The Morgan fingerprint density at radius 3 is 2.73 bits per heavy atom. The molecule has 30 heavy (non-hydrogen) atoms. The van der Waals surface area contributed by atoms with Crippen LogP contribution in [-0.2, 0) is 25.5 Å². The fraction of sp³-hybridized carbons (Fsp3) is 0.609. The molecule has 2 fully saturated rings. The molecule has 1 aromatic rings. The fourth-order valence-corrected chi connectivity index (χ4v) is 4.33. The van der Waals surface area contributed by atoms with Gasteiger partial charge in [-0.25, -0.2) is 4.79 Å². The number of rotatable bonds is 9. The molecule has 1 amide bonds. The molecule has 1 saturated carbocycles. The van der Waals surface area contributed by atoms with Gasteiger partial charge in [0.2, 0.25) is 5.91 Å². The molecule has 1 aliphatic carbocycles. The highest BCUT2D eigenvalue weighted by atomic mass is 16.5. The Balaban J connectivity index is 1.96. The summed E-state index contributed by atoms with van der Waals surface area (Å²) in [5, 5.41) is 12.1. The number of esters is 1. The van der Waals surface area contributed by atoms with Crippen molar-refractivity contribution in [3.63, 3.8) is 0 Å². The van der Waals surface area contributed by atoms with E-state index in [0.29, 0.717) is 12.8 Å². The van der Waals surface area contributed by atoms with Gasteiger partial charge in [0.25, 0.3) is 0 Å². The number of fused-ring (bicyclic) bond motifs is 1. The number of aliphatic carboxylic acids is 1. The van der Waals surface area contributed by atoms with Gasteiger partial charge in [0.15, 0.2) is 0 Å². The molecule has 0 spiro atoms. The van der Waals surface area contributed by atoms with Crippen LogP contribution < -0.4 is 5.32 Å². The molecule has 1 aromatic carbocycles. The van der Waals surface area contributed by atoms with E-state index in [1.54, 1.807) is 6.07 Å². The van der Waals surface area contributed by atoms with Crippen LogP contribution in [-0.4, -0.2) is 58.6 Å². The van der Waals surface area contributed by atoms with Gasteiger partial charge in [-0.3, -0.25) is 14.9 Å². The third-order valence-electron chi connectivity index (χ3n) is 5.69. The molecule has 7 nitrogen and oxygen atoms in total. The van der Waals surface area contributed by atoms with E-state index in [4.69, 9.17) is 11.6 Å². The number of likely N-dealkylation sites (tertiary alicyclic amines) is 1. The van der Waals surface area contributed by atoms with Crippen molar-refractivity contribution >= 4 is 17.8 Å². The van der Waals surface area contributed by atoms with Crippen molar-refractivity contribution in [2.24, 2.45) is 5.92 Å². The number of benzene rings is 1. The third-order valence-corrected chi connectivity index (χ3v) is 5.69. The number of aryl methyl sites for hydroxylation is 1. The van der Waals surface area contributed by atoms with E-state index in [1.165, 1.54) is 43.0 Å². The first kappa shape index (κ1) is 16.3. The number of amides is 1. The van der Waals surface area contributed by atoms with Crippen LogP contribution in [0, 0.1) is 5.92 Å². The van der Waals surface area contributed by atoms with Crippen molar-refractivity contribution in [2.45, 2.75) is 76.4 Å². The van der Waals surface area contributed by atoms with Gasteiger partial charge in [0.1, 0.15) is 12.1 Å². The molecular formula is C23H32N2O5. The van der Waals surface area contributed by atoms with Crippen molar-refractivity contribution in [3.8, 4) is 0 Å². The molecule has 164 valence electrons. The van der Waals surface area contributed by atoms with E-state index in [0.717, 1.165) is 12.8 Å². The Kier molecular flexibility index (Phi) is 5.47. The number of ether oxygens (including phenoxy) is 1. The average Bonchev–Trinajstić information content (AvgIpc) is 3.40. The number of nitrogens with zero attached hydrogens (tertiary/aromatic N) is 1. The molecule has 2 aliphatic rings. The Bertz CT molecular complexity index is 963. The van der Waals surface area contributed by atoms with Crippen LogP contribution in [0.15, 0.2) is 30.3 Å². The predicted octanol–water partition coefficient (Wildman–Crippen LogP) is 2.38. The first-order valence-corrected chi connectivity index (χ1v) is 10.3. The molecule has 1 heterocycles. The smallest absolute Gasteiger partial charge is 0.326 e. The standard InChI is InChI=1S/C23H32N2O5/c1-3-30-23(29)18(13-12-16-8-5-4-6-9-16)24-15(2)21(26)25-19-11-7-10-17(19)14-20(25)22(27)28/h4-6,8-9,15,17-20,24H,3,7,10-14H2,1-2H3,(H,27,28)/t15-,17?,18-,19?,20-/m0/s1/i12D2,13D2,18D. The van der Waals surface area contributed by atoms with Gasteiger partial charge in [0.05, 0.1) is 14.0 Å². The van der Waals surface area contributed by atoms with Crippen LogP contribution in [0.4, 0.5) is 0 Å². The summed E-state index contributed by atoms with van der Waals surface area (Å²) in [5.41, 5.74) is -0.0917. The summed E-state index contributed by atoms with van der Waals surface area (Å²) >= 11 is 0. The average molecular weight is 422 g/mol. The minimum absolute atomic E-state index is 0.0525. The summed E-state index contributed by atoms with van der Waals surface area (Å²) in [6.07, 6.45) is -3.39. The fourth-order valence-electron chi connectivity index (χ4n) is 4.33. The van der Waals surface area contributed by atoms with Gasteiger partial charge in [0, 0.05) is 11.5 Å². The zero-order chi connectivity index (χ0) is 26.2. The van der Waals surface area contributed by atoms with Crippen LogP contribution in [0.25, 0.3) is 0 Å². The number of hydrogen-bond donors (Lipinski definition) is 2. The number of carbonyl (C=O) groups is 3. The Morgan fingerprint density at radius 1 is 1.33 bits per heavy atom. The zero-order valence-corrected chi connectivity index (χ0v) is 17.3. The van der Waals surface area contributed by atoms with Crippen LogP contribution >= 0.6 is 0 Å². The Labute approximate surface area is 184 Å². The normalized spacial score (nSPS) is 29.3. The summed E-state index contributed by atoms with van der Waals surface area (Å²) in [7, 11) is 0. The van der Waals surface area contributed by atoms with Gasteiger partial charge >= 0.3 is 11.9 Å². The summed E-state index contributed by atoms with van der Waals surface area (Å²) in [4.78, 5) is 39.5. The summed E-state index contributed by atoms with van der Waals surface area (Å²) in [5.74, 6) is -3.14. The predicted molar refractivity (Wildman–Crippen MR) is 112 cm³/mol. The SMILES string of the molecule is [2H]C([2H])(c1ccccc1)C([2H])([2H])[C@]([2H])(N[C@@H](C)C(=O)N1C2CCCC2C[C@H]1C(=O)O)C(=O)OCC. The molecule has 7 heteroatoms. The van der Waals surface area contributed by atoms with Gasteiger partial charge < -0.3 is 14.7 Å². The second-order valence-corrected chi connectivity index (χ2v) is 7.67. The van der Waals surface area contributed by atoms with Crippen molar-refractivity contribution in [3.05, 3.63) is 35.9 Å². The van der Waals surface area contributed by atoms with Crippen molar-refractivity contribution < 1.29 is 31.1 Å². The van der Waals surface area contributed by atoms with Crippen molar-refractivity contribution in [1.29, 1.82) is 0 Å². The van der Waals surface area contributed by atoms with E-state index in [1.807, 2.05) is 0 Å². The monoisotopic (exact) mass is 421 g/mol. The molecule has 2 N–H and O–H groups in total. The molecule has 1 saturated heterocycles. The third kappa shape index (κ3) is 5.01. The zero-order valence-electron chi connectivity index (χ0n) is 22.3. The molecule has 1 aliphatic heterocycles. The molecule has 2 unspecified atom stereocenters. The number of carboxylic acid groups (broad SMARTS) is 1. The highest BCUT2D eigenvalue weighted by Gasteiger charge is 2.49. The minimum atomic E-state index is -3.20. The molecule has 0 radical (unpaired) electrons. The number of nitrogens with one attached hydrogen (secondary N) is 1. The van der Waals surface area contributed by atoms with Gasteiger partial charge in [-0.2, -0.15) is 0 Å². The summed E-state index contributed by atoms with van der Waals surface area (Å²) in [6, 6.07) is 1.63. The number of carboxylic acids is 1. The van der Waals surface area contributed by atoms with Gasteiger partial charge in [-0.15, -0.1) is 0 Å². The Hall–Kier alpha value is -2.41. The van der Waals surface area contributed by atoms with Crippen LogP contribution in [0.5, 0.6) is 0 Å². The number of hydrogen-bond acceptors (Lipinski definition) is 5. The maximum Gasteiger partial charge on any atom is 0.326 e. The Morgan fingerprint density at radius 2 is 2.07 bits per heavy atom. The minimum Gasteiger partial charge on any atom is -0.480 e. The lowest BCUT2D eigenvalue weighted by Crippen LogP contribution is -2.55. The highest BCUT2D eigenvalue weighted by molar-refractivity contribution is 5.88. The van der Waals surface area contributed by atoms with Crippen molar-refractivity contribution in [1.82, 2.24) is 10.2 Å². The topological polar surface area (TPSA) is 95.9 Å². The van der Waals surface area contributed by atoms with E-state index >= 15 is 0 Å². The quantitative estimate of drug-likeness (QED) is 0.595. The van der Waals surface area contributed by atoms with Gasteiger partial charge in [-0.05, 0) is 57.3 Å². The van der Waals surface area contributed by atoms with Crippen molar-refractivity contribution in [2.75, 3.05) is 6.61 Å². The van der Waals surface area contributed by atoms with E-state index in [2.05, 4.69) is 5.32 Å². The lowest BCUT2D eigenvalue weighted by Gasteiger charge is -2.31. The lowest BCUT2D eigenvalue weighted by atomic mass is 10.0. The maximum absolute atomic E-state index is 13.5. The maximum atomic E-state index is 13.5. The van der Waals surface area contributed by atoms with Crippen LogP contribution in [0.2, 0.25) is 0 Å². The molecule has 3 rings (SSSR count). The molecule has 0 bridgehead atoms. The lowest BCUT2D eigenvalue weighted by molar-refractivity contribution is -0.151. The highest BCUT2D eigenvalue weighted by Crippen LogP contribution is 2.41. The molecular weight excluding hydrogens is 384 g/mol. The second-order valence-electron chi connectivity index (χ2n) is 7.67. The van der Waals surface area contributed by atoms with E-state index in [9.17, 15) is 19.5 Å². The first-order valence-electron chi connectivity index (χ1n) is 12.8. The molecule has 0 aromatic heterocycles. The van der Waals surface area contributed by atoms with E-state index in [-0.39, 0.29) is 24.1 Å². The number of carbonyl (C=O) groups excluding carboxylic acids is 2. The van der Waals surface area contributed by atoms with Crippen LogP contribution in [0.1, 0.15) is 58.3 Å². The second kappa shape index (κ2) is 10.1. The summed E-state index contributed by atoms with van der Waals surface area (Å²) < 4.78 is 48.0. The largest absolute Gasteiger partial charge is 0.480 e.